The van der Waals surface area contributed by atoms with Crippen LogP contribution in [0.1, 0.15) is 31.3 Å². The van der Waals surface area contributed by atoms with Gasteiger partial charge < -0.3 is 10.0 Å². The lowest BCUT2D eigenvalue weighted by Crippen LogP contribution is -2.27. The number of thiazole rings is 1. The maximum absolute atomic E-state index is 12.4. The van der Waals surface area contributed by atoms with Crippen molar-refractivity contribution in [2.45, 2.75) is 13.5 Å². The highest BCUT2D eigenvalue weighted by atomic mass is 32.1. The van der Waals surface area contributed by atoms with Crippen molar-refractivity contribution in [3.8, 4) is 0 Å². The second-order valence-corrected chi connectivity index (χ2v) is 5.31. The van der Waals surface area contributed by atoms with E-state index < -0.39 is 5.97 Å². The average Bonchev–Trinajstić information content (AvgIpc) is 2.83. The second kappa shape index (κ2) is 5.83. The summed E-state index contributed by atoms with van der Waals surface area (Å²) in [5.74, 6) is -1.41. The summed E-state index contributed by atoms with van der Waals surface area (Å²) >= 11 is 1.48. The number of aromatic nitrogens is 1. The van der Waals surface area contributed by atoms with Gasteiger partial charge in [-0.15, -0.1) is 11.3 Å². The lowest BCUT2D eigenvalue weighted by Gasteiger charge is -2.17. The molecule has 0 aliphatic heterocycles. The van der Waals surface area contributed by atoms with E-state index in [1.54, 1.807) is 24.7 Å². The molecule has 104 valence electrons. The van der Waals surface area contributed by atoms with E-state index >= 15 is 0 Å². The van der Waals surface area contributed by atoms with Crippen molar-refractivity contribution in [3.63, 3.8) is 0 Å². The van der Waals surface area contributed by atoms with E-state index in [1.165, 1.54) is 28.4 Å². The molecule has 0 saturated heterocycles. The number of amides is 1. The Morgan fingerprint density at radius 2 is 1.95 bits per heavy atom. The minimum absolute atomic E-state index is 0.0189. The predicted octanol–water partition coefficient (Wildman–Crippen LogP) is 2.42. The predicted molar refractivity (Wildman–Crippen MR) is 76.0 cm³/mol. The molecule has 5 nitrogen and oxygen atoms in total. The third-order valence-electron chi connectivity index (χ3n) is 2.96. The van der Waals surface area contributed by atoms with Gasteiger partial charge >= 0.3 is 5.97 Å². The zero-order valence-corrected chi connectivity index (χ0v) is 12.0. The second-order valence-electron chi connectivity index (χ2n) is 4.37. The van der Waals surface area contributed by atoms with Gasteiger partial charge in [-0.1, -0.05) is 12.1 Å². The summed E-state index contributed by atoms with van der Waals surface area (Å²) in [4.78, 5) is 30.1. The molecule has 1 amide bonds. The van der Waals surface area contributed by atoms with Gasteiger partial charge in [0, 0.05) is 11.9 Å². The number of benzene rings is 1. The highest BCUT2D eigenvalue weighted by Crippen LogP contribution is 2.17. The number of hydrogen-bond acceptors (Lipinski definition) is 4. The Kier molecular flexibility index (Phi) is 4.14. The van der Waals surface area contributed by atoms with Gasteiger partial charge in [0.05, 0.1) is 28.9 Å². The summed E-state index contributed by atoms with van der Waals surface area (Å²) in [5.41, 5.74) is 2.84. The number of carbonyl (C=O) groups is 2. The van der Waals surface area contributed by atoms with E-state index in [0.29, 0.717) is 6.54 Å². The Labute approximate surface area is 120 Å². The molecule has 0 unspecified atom stereocenters. The molecule has 1 aromatic heterocycles. The third kappa shape index (κ3) is 2.85. The van der Waals surface area contributed by atoms with Crippen LogP contribution in [0, 0.1) is 6.92 Å². The summed E-state index contributed by atoms with van der Waals surface area (Å²) in [6.45, 7) is 2.30. The summed E-state index contributed by atoms with van der Waals surface area (Å²) < 4.78 is 0. The zero-order valence-electron chi connectivity index (χ0n) is 11.2. The number of nitrogens with zero attached hydrogens (tertiary/aromatic N) is 2. The third-order valence-corrected chi connectivity index (χ3v) is 3.88. The molecule has 0 spiro atoms. The lowest BCUT2D eigenvalue weighted by atomic mass is 10.1. The first-order chi connectivity index (χ1) is 9.50. The minimum atomic E-state index is -1.10. The molecule has 0 aliphatic rings. The van der Waals surface area contributed by atoms with E-state index in [9.17, 15) is 9.59 Å². The number of carbonyl (C=O) groups excluding carboxylic acids is 1. The number of aryl methyl sites for hydroxylation is 1. The molecule has 20 heavy (non-hydrogen) atoms. The van der Waals surface area contributed by atoms with Crippen molar-refractivity contribution in [1.29, 1.82) is 0 Å². The van der Waals surface area contributed by atoms with Crippen LogP contribution in [0.2, 0.25) is 0 Å². The van der Waals surface area contributed by atoms with Crippen LogP contribution >= 0.6 is 11.3 Å². The van der Waals surface area contributed by atoms with Crippen LogP contribution in [0.25, 0.3) is 0 Å². The van der Waals surface area contributed by atoms with Gasteiger partial charge in [0.2, 0.25) is 0 Å². The van der Waals surface area contributed by atoms with Crippen LogP contribution in [0.3, 0.4) is 0 Å². The molecule has 6 heteroatoms. The molecule has 1 N–H and O–H groups in total. The van der Waals surface area contributed by atoms with E-state index in [-0.39, 0.29) is 17.0 Å². The molecule has 0 atom stereocenters. The normalized spacial score (nSPS) is 10.3. The topological polar surface area (TPSA) is 70.5 Å². The fraction of sp³-hybridized carbons (Fsp3) is 0.214. The Balaban J connectivity index is 2.23. The largest absolute Gasteiger partial charge is 0.478 e. The fourth-order valence-corrected chi connectivity index (χ4v) is 2.66. The molecule has 2 rings (SSSR count). The first kappa shape index (κ1) is 14.2. The van der Waals surface area contributed by atoms with Crippen molar-refractivity contribution < 1.29 is 14.7 Å². The Hall–Kier alpha value is -2.21. The summed E-state index contributed by atoms with van der Waals surface area (Å²) in [5, 5.41) is 9.12. The monoisotopic (exact) mass is 290 g/mol. The van der Waals surface area contributed by atoms with Crippen molar-refractivity contribution in [3.05, 3.63) is 51.5 Å². The molecule has 0 aliphatic carbocycles. The summed E-state index contributed by atoms with van der Waals surface area (Å²) in [6.07, 6.45) is 0. The highest BCUT2D eigenvalue weighted by Gasteiger charge is 2.19. The first-order valence-electron chi connectivity index (χ1n) is 5.97. The molecule has 1 aromatic carbocycles. The molecular weight excluding hydrogens is 276 g/mol. The highest BCUT2D eigenvalue weighted by molar-refractivity contribution is 7.09. The molecule has 1 heterocycles. The average molecular weight is 290 g/mol. The minimum Gasteiger partial charge on any atom is -0.478 e. The molecular formula is C14H14N2O3S. The van der Waals surface area contributed by atoms with E-state index in [0.717, 1.165) is 10.6 Å². The van der Waals surface area contributed by atoms with Gasteiger partial charge in [0.15, 0.2) is 0 Å². The lowest BCUT2D eigenvalue weighted by molar-refractivity contribution is 0.0680. The fourth-order valence-electron chi connectivity index (χ4n) is 1.83. The van der Waals surface area contributed by atoms with Crippen molar-refractivity contribution in [2.24, 2.45) is 0 Å². The maximum Gasteiger partial charge on any atom is 0.336 e. The van der Waals surface area contributed by atoms with Crippen LogP contribution < -0.4 is 0 Å². The van der Waals surface area contributed by atoms with Crippen molar-refractivity contribution >= 4 is 23.2 Å². The van der Waals surface area contributed by atoms with Crippen LogP contribution in [0.4, 0.5) is 0 Å². The number of carboxylic acids is 1. The number of aromatic carboxylic acids is 1. The van der Waals surface area contributed by atoms with Crippen molar-refractivity contribution in [2.75, 3.05) is 7.05 Å². The van der Waals surface area contributed by atoms with E-state index in [1.807, 2.05) is 6.92 Å². The van der Waals surface area contributed by atoms with Crippen LogP contribution in [0.5, 0.6) is 0 Å². The standard InChI is InChI=1S/C14H14N2O3S/c1-9-12(20-8-15-9)7-16(2)13(17)10-5-3-4-6-11(10)14(18)19/h3-6,8H,7H2,1-2H3,(H,18,19). The smallest absolute Gasteiger partial charge is 0.336 e. The Morgan fingerprint density at radius 1 is 1.30 bits per heavy atom. The maximum atomic E-state index is 12.4. The Bertz CT molecular complexity index is 651. The first-order valence-corrected chi connectivity index (χ1v) is 6.85. The molecule has 2 aromatic rings. The Morgan fingerprint density at radius 3 is 2.50 bits per heavy atom. The summed E-state index contributed by atoms with van der Waals surface area (Å²) in [7, 11) is 1.65. The van der Waals surface area contributed by atoms with E-state index in [4.69, 9.17) is 5.11 Å². The number of rotatable bonds is 4. The van der Waals surface area contributed by atoms with Gasteiger partial charge in [-0.2, -0.15) is 0 Å². The molecule has 0 radical (unpaired) electrons. The quantitative estimate of drug-likeness (QED) is 0.938. The van der Waals surface area contributed by atoms with Crippen LogP contribution in [0.15, 0.2) is 29.8 Å². The number of hydrogen-bond donors (Lipinski definition) is 1. The van der Waals surface area contributed by atoms with E-state index in [2.05, 4.69) is 4.98 Å². The van der Waals surface area contributed by atoms with Crippen LogP contribution in [-0.4, -0.2) is 33.9 Å². The van der Waals surface area contributed by atoms with Crippen molar-refractivity contribution in [1.82, 2.24) is 9.88 Å². The van der Waals surface area contributed by atoms with Gasteiger partial charge in [0.1, 0.15) is 0 Å². The van der Waals surface area contributed by atoms with Crippen LogP contribution in [-0.2, 0) is 6.54 Å². The molecule has 0 bridgehead atoms. The van der Waals surface area contributed by atoms with Gasteiger partial charge in [0.25, 0.3) is 5.91 Å². The van der Waals surface area contributed by atoms with Gasteiger partial charge in [-0.25, -0.2) is 9.78 Å². The van der Waals surface area contributed by atoms with Gasteiger partial charge in [-0.05, 0) is 19.1 Å². The molecule has 0 saturated carbocycles. The number of carboxylic acid groups (broad SMARTS) is 1. The SMILES string of the molecule is Cc1ncsc1CN(C)C(=O)c1ccccc1C(=O)O. The molecule has 0 fully saturated rings. The zero-order chi connectivity index (χ0) is 14.7. The van der Waals surface area contributed by atoms with Gasteiger partial charge in [-0.3, -0.25) is 4.79 Å². The summed E-state index contributed by atoms with van der Waals surface area (Å²) in [6, 6.07) is 6.22.